The number of benzene rings is 3. The van der Waals surface area contributed by atoms with Crippen molar-refractivity contribution in [3.8, 4) is 34.4 Å². The lowest BCUT2D eigenvalue weighted by Gasteiger charge is -2.20. The fourth-order valence-electron chi connectivity index (χ4n) is 6.51. The van der Waals surface area contributed by atoms with Crippen molar-refractivity contribution in [2.45, 2.75) is 58.9 Å². The molecule has 276 valence electrons. The summed E-state index contributed by atoms with van der Waals surface area (Å²) in [6.45, 7) is 9.82. The minimum Gasteiger partial charge on any atom is -0.493 e. The first-order chi connectivity index (χ1) is 25.1. The zero-order valence-corrected chi connectivity index (χ0v) is 30.6. The van der Waals surface area contributed by atoms with Gasteiger partial charge in [-0.25, -0.2) is 0 Å². The lowest BCUT2D eigenvalue weighted by atomic mass is 9.90. The highest BCUT2D eigenvalue weighted by Gasteiger charge is 2.21. The summed E-state index contributed by atoms with van der Waals surface area (Å²) in [6, 6.07) is 14.6. The van der Waals surface area contributed by atoms with Crippen LogP contribution < -0.4 is 24.8 Å². The van der Waals surface area contributed by atoms with Gasteiger partial charge in [-0.3, -0.25) is 10.1 Å². The second-order valence-electron chi connectivity index (χ2n) is 13.2. The smallest absolute Gasteiger partial charge is 0.323 e. The predicted molar refractivity (Wildman–Crippen MR) is 200 cm³/mol. The number of ether oxygens (including phenoxy) is 3. The molecule has 3 aromatic carbocycles. The summed E-state index contributed by atoms with van der Waals surface area (Å²) in [5.74, 6) is 0.490. The summed E-state index contributed by atoms with van der Waals surface area (Å²) in [4.78, 5) is 13.8. The maximum atomic E-state index is 11.5. The molecule has 5 N–H and O–H groups in total. The summed E-state index contributed by atoms with van der Waals surface area (Å²) < 4.78 is 18.8. The van der Waals surface area contributed by atoms with E-state index in [0.29, 0.717) is 40.8 Å². The quantitative estimate of drug-likeness (QED) is 0.116. The number of dihydropyridines is 1. The van der Waals surface area contributed by atoms with E-state index >= 15 is 0 Å². The zero-order chi connectivity index (χ0) is 37.2. The number of halogens is 1. The van der Waals surface area contributed by atoms with Gasteiger partial charge in [-0.2, -0.15) is 5.26 Å². The Morgan fingerprint density at radius 3 is 2.62 bits per heavy atom. The Kier molecular flexibility index (Phi) is 13.6. The molecule has 2 heterocycles. The van der Waals surface area contributed by atoms with Gasteiger partial charge >= 0.3 is 5.97 Å². The van der Waals surface area contributed by atoms with Crippen LogP contribution in [0.4, 0.5) is 0 Å². The van der Waals surface area contributed by atoms with E-state index in [1.54, 1.807) is 24.4 Å². The molecule has 0 bridgehead atoms. The van der Waals surface area contributed by atoms with Gasteiger partial charge < -0.3 is 39.7 Å². The first-order valence-electron chi connectivity index (χ1n) is 17.5. The number of hydrogen-bond donors (Lipinski definition) is 5. The van der Waals surface area contributed by atoms with Crippen LogP contribution in [0, 0.1) is 32.1 Å². The fraction of sp³-hybridized carbons (Fsp3) is 0.400. The van der Waals surface area contributed by atoms with Gasteiger partial charge in [0.05, 0.1) is 29.9 Å². The second-order valence-corrected chi connectivity index (χ2v) is 13.6. The van der Waals surface area contributed by atoms with Crippen molar-refractivity contribution < 1.29 is 34.3 Å². The first-order valence-corrected chi connectivity index (χ1v) is 17.9. The van der Waals surface area contributed by atoms with Gasteiger partial charge in [0.2, 0.25) is 0 Å². The van der Waals surface area contributed by atoms with E-state index in [9.17, 15) is 25.4 Å². The maximum Gasteiger partial charge on any atom is 0.323 e. The Labute approximate surface area is 310 Å². The lowest BCUT2D eigenvalue weighted by molar-refractivity contribution is -0.140. The minimum atomic E-state index is -1.18. The highest BCUT2D eigenvalue weighted by Crippen LogP contribution is 2.38. The van der Waals surface area contributed by atoms with Crippen LogP contribution in [-0.2, 0) is 17.9 Å². The normalized spacial score (nSPS) is 16.4. The molecule has 2 atom stereocenters. The average molecular weight is 731 g/mol. The molecule has 12 heteroatoms. The van der Waals surface area contributed by atoms with Crippen molar-refractivity contribution >= 4 is 17.6 Å². The molecule has 0 saturated carbocycles. The van der Waals surface area contributed by atoms with Crippen molar-refractivity contribution in [1.29, 1.82) is 5.26 Å². The molecule has 0 aromatic heterocycles. The number of likely N-dealkylation sites (tertiary alicyclic amines) is 1. The van der Waals surface area contributed by atoms with Crippen molar-refractivity contribution in [2.75, 3.05) is 46.0 Å². The number of aliphatic hydroxyl groups excluding tert-OH is 2. The van der Waals surface area contributed by atoms with Crippen LogP contribution in [-0.4, -0.2) is 84.3 Å². The molecule has 2 aliphatic heterocycles. The number of carbonyl (C=O) groups is 1. The molecule has 2 aliphatic rings. The molecule has 0 unspecified atom stereocenters. The van der Waals surface area contributed by atoms with Gasteiger partial charge in [0, 0.05) is 50.6 Å². The number of aryl methyl sites for hydroxylation is 1. The summed E-state index contributed by atoms with van der Waals surface area (Å²) in [5, 5.41) is 44.2. The van der Waals surface area contributed by atoms with E-state index < -0.39 is 18.6 Å². The fourth-order valence-corrected chi connectivity index (χ4v) is 6.75. The molecule has 0 spiro atoms. The van der Waals surface area contributed by atoms with Crippen molar-refractivity contribution in [3.05, 3.63) is 98.7 Å². The molecule has 1 fully saturated rings. The third kappa shape index (κ3) is 9.85. The maximum absolute atomic E-state index is 11.5. The summed E-state index contributed by atoms with van der Waals surface area (Å²) in [5.41, 5.74) is 8.36. The summed E-state index contributed by atoms with van der Waals surface area (Å²) in [7, 11) is 0. The van der Waals surface area contributed by atoms with Crippen molar-refractivity contribution in [2.24, 2.45) is 0 Å². The summed E-state index contributed by atoms with van der Waals surface area (Å²) in [6.07, 6.45) is 4.90. The Morgan fingerprint density at radius 2 is 1.88 bits per heavy atom. The number of nitrogens with one attached hydrogen (secondary N) is 2. The predicted octanol–water partition coefficient (Wildman–Crippen LogP) is 5.20. The van der Waals surface area contributed by atoms with Gasteiger partial charge in [-0.15, -0.1) is 0 Å². The van der Waals surface area contributed by atoms with Gasteiger partial charge in [0.1, 0.15) is 42.6 Å². The number of nitrogens with zero attached hydrogens (tertiary/aromatic N) is 2. The van der Waals surface area contributed by atoms with E-state index in [4.69, 9.17) is 25.8 Å². The van der Waals surface area contributed by atoms with Crippen LogP contribution in [0.2, 0.25) is 5.02 Å². The Morgan fingerprint density at radius 1 is 1.08 bits per heavy atom. The van der Waals surface area contributed by atoms with E-state index in [0.717, 1.165) is 77.2 Å². The monoisotopic (exact) mass is 730 g/mol. The number of carboxylic acids is 1. The molecule has 0 amide bonds. The number of nitriles is 1. The molecule has 3 aromatic rings. The van der Waals surface area contributed by atoms with Crippen LogP contribution in [0.3, 0.4) is 0 Å². The third-order valence-electron chi connectivity index (χ3n) is 9.47. The van der Waals surface area contributed by atoms with Gasteiger partial charge in [-0.05, 0) is 90.8 Å². The number of allylic oxidation sites excluding steroid dienone is 2. The van der Waals surface area contributed by atoms with E-state index in [-0.39, 0.29) is 25.9 Å². The molecule has 0 aliphatic carbocycles. The van der Waals surface area contributed by atoms with Crippen molar-refractivity contribution in [3.63, 3.8) is 0 Å². The standard InChI is InChI=1S/C40H47ClN4O7/c1-25-8-9-36(50-13-5-11-45-12-10-32(47)21-45)27(3)39(25)33-7-4-6-30(26(33)2)24-52-38-16-37(51-23-29-14-28(17-42)18-43-19-29)31(15-34(38)41)20-44-35(22-46)40(48)49/h4,6-9,14-16,18,32,35,43-44,46-47H,5,10-13,19-24H2,1-3H3,(H,48,49)/t32-,35+/m1/s1. The molecule has 11 nitrogen and oxygen atoms in total. The second kappa shape index (κ2) is 18.3. The van der Waals surface area contributed by atoms with Gasteiger partial charge in [-0.1, -0.05) is 35.9 Å². The van der Waals surface area contributed by atoms with Crippen LogP contribution in [0.5, 0.6) is 17.2 Å². The number of β-amino-alcohol motifs (C(OH)–C–C–N with tert-alkyl or cyclic N) is 1. The molecule has 5 rings (SSSR count). The number of carboxylic acid groups (broad SMARTS) is 1. The van der Waals surface area contributed by atoms with Crippen LogP contribution in [0.25, 0.3) is 11.1 Å². The van der Waals surface area contributed by atoms with Gasteiger partial charge in [0.25, 0.3) is 0 Å². The van der Waals surface area contributed by atoms with Crippen LogP contribution >= 0.6 is 11.6 Å². The number of hydrogen-bond acceptors (Lipinski definition) is 10. The molecule has 1 saturated heterocycles. The Balaban J connectivity index is 1.32. The number of aliphatic hydroxyl groups is 2. The average Bonchev–Trinajstić information content (AvgIpc) is 3.55. The molecular weight excluding hydrogens is 684 g/mol. The molecule has 52 heavy (non-hydrogen) atoms. The van der Waals surface area contributed by atoms with E-state index in [1.165, 1.54) is 0 Å². The number of rotatable bonds is 17. The van der Waals surface area contributed by atoms with E-state index in [1.807, 2.05) is 18.2 Å². The SMILES string of the molecule is Cc1ccc(OCCCN2CC[C@@H](O)C2)c(C)c1-c1cccc(COc2cc(OCC3=CC(C#N)=CNC3)c(CN[C@@H](CO)C(=O)O)cc2Cl)c1C. The largest absolute Gasteiger partial charge is 0.493 e. The molecular formula is C40H47ClN4O7. The third-order valence-corrected chi connectivity index (χ3v) is 9.76. The molecule has 0 radical (unpaired) electrons. The highest BCUT2D eigenvalue weighted by atomic mass is 35.5. The first kappa shape index (κ1) is 38.7. The van der Waals surface area contributed by atoms with Crippen LogP contribution in [0.1, 0.15) is 40.7 Å². The zero-order valence-electron chi connectivity index (χ0n) is 29.9. The lowest BCUT2D eigenvalue weighted by Crippen LogP contribution is -2.39. The summed E-state index contributed by atoms with van der Waals surface area (Å²) >= 11 is 6.72. The Bertz CT molecular complexity index is 1850. The topological polar surface area (TPSA) is 157 Å². The number of aliphatic carboxylic acids is 1. The van der Waals surface area contributed by atoms with Crippen molar-refractivity contribution in [1.82, 2.24) is 15.5 Å². The van der Waals surface area contributed by atoms with E-state index in [2.05, 4.69) is 54.5 Å². The van der Waals surface area contributed by atoms with Crippen LogP contribution in [0.15, 0.2) is 65.9 Å². The van der Waals surface area contributed by atoms with Gasteiger partial charge in [0.15, 0.2) is 0 Å². The Hall–Kier alpha value is -4.57. The minimum absolute atomic E-state index is 0.0682. The highest BCUT2D eigenvalue weighted by molar-refractivity contribution is 6.32.